The molecule has 0 aliphatic heterocycles. The zero-order chi connectivity index (χ0) is 15.4. The molecule has 0 bridgehead atoms. The molecule has 0 fully saturated rings. The fraction of sp³-hybridized carbons (Fsp3) is 0.357. The molecule has 0 radical (unpaired) electrons. The van der Waals surface area contributed by atoms with E-state index in [0.717, 1.165) is 15.9 Å². The molecule has 2 rings (SSSR count). The van der Waals surface area contributed by atoms with E-state index in [9.17, 15) is 14.4 Å². The Kier molecular flexibility index (Phi) is 6.26. The number of hydrogen-bond acceptors (Lipinski definition) is 6. The van der Waals surface area contributed by atoms with Crippen molar-refractivity contribution < 1.29 is 24.5 Å². The number of benzene rings is 1. The standard InChI is InChI=1S/C14H15NO5S.H2O/c1-3-19-12(16)11(13(17)20-4-2)15-9-7-5-6-8-10(9)21-14(15)18;/h5-8,11H,3-4H2,1-2H3;1H2. The van der Waals surface area contributed by atoms with Crippen LogP contribution in [0.4, 0.5) is 0 Å². The van der Waals surface area contributed by atoms with Gasteiger partial charge < -0.3 is 14.9 Å². The van der Waals surface area contributed by atoms with Crippen LogP contribution in [-0.4, -0.2) is 35.2 Å². The van der Waals surface area contributed by atoms with Gasteiger partial charge in [-0.1, -0.05) is 23.5 Å². The van der Waals surface area contributed by atoms with E-state index in [2.05, 4.69) is 0 Å². The summed E-state index contributed by atoms with van der Waals surface area (Å²) in [5.74, 6) is -1.58. The van der Waals surface area contributed by atoms with Crippen molar-refractivity contribution >= 4 is 33.5 Å². The third-order valence-corrected chi connectivity index (χ3v) is 3.73. The summed E-state index contributed by atoms with van der Waals surface area (Å²) < 4.78 is 11.6. The highest BCUT2D eigenvalue weighted by Gasteiger charge is 2.34. The van der Waals surface area contributed by atoms with Crippen LogP contribution in [0.5, 0.6) is 0 Å². The minimum atomic E-state index is -1.41. The lowest BCUT2D eigenvalue weighted by Crippen LogP contribution is -2.35. The molecule has 2 N–H and O–H groups in total. The molecule has 0 atom stereocenters. The maximum atomic E-state index is 12.2. The van der Waals surface area contributed by atoms with Gasteiger partial charge in [-0.05, 0) is 26.0 Å². The summed E-state index contributed by atoms with van der Waals surface area (Å²) >= 11 is 0.970. The topological polar surface area (TPSA) is 106 Å². The van der Waals surface area contributed by atoms with Gasteiger partial charge in [0, 0.05) is 0 Å². The van der Waals surface area contributed by atoms with Crippen LogP contribution in [0.3, 0.4) is 0 Å². The first-order valence-corrected chi connectivity index (χ1v) is 7.35. The molecule has 0 aliphatic carbocycles. The van der Waals surface area contributed by atoms with E-state index in [4.69, 9.17) is 9.47 Å². The zero-order valence-electron chi connectivity index (χ0n) is 12.2. The molecule has 0 spiro atoms. The third kappa shape index (κ3) is 3.34. The first-order valence-electron chi connectivity index (χ1n) is 6.53. The minimum absolute atomic E-state index is 0. The Morgan fingerprint density at radius 3 is 2.23 bits per heavy atom. The Bertz CT molecular complexity index is 701. The second-order valence-electron chi connectivity index (χ2n) is 4.11. The normalized spacial score (nSPS) is 10.3. The van der Waals surface area contributed by atoms with Crippen molar-refractivity contribution in [3.05, 3.63) is 33.9 Å². The van der Waals surface area contributed by atoms with Gasteiger partial charge in [0.15, 0.2) is 0 Å². The lowest BCUT2D eigenvalue weighted by atomic mass is 10.2. The largest absolute Gasteiger partial charge is 0.464 e. The molecule has 0 unspecified atom stereocenters. The van der Waals surface area contributed by atoms with Crippen molar-refractivity contribution in [1.82, 2.24) is 4.57 Å². The molecule has 22 heavy (non-hydrogen) atoms. The van der Waals surface area contributed by atoms with Crippen LogP contribution < -0.4 is 4.87 Å². The molecule has 1 aromatic carbocycles. The van der Waals surface area contributed by atoms with Crippen LogP contribution in [-0.2, 0) is 19.1 Å². The van der Waals surface area contributed by atoms with Crippen LogP contribution >= 0.6 is 11.3 Å². The number of hydrogen-bond donors (Lipinski definition) is 0. The molecule has 1 heterocycles. The number of carbonyl (C=O) groups excluding carboxylic acids is 2. The fourth-order valence-corrected chi connectivity index (χ4v) is 2.89. The monoisotopic (exact) mass is 327 g/mol. The van der Waals surface area contributed by atoms with E-state index in [1.165, 1.54) is 0 Å². The van der Waals surface area contributed by atoms with Crippen molar-refractivity contribution in [2.75, 3.05) is 13.2 Å². The van der Waals surface area contributed by atoms with Gasteiger partial charge in [-0.3, -0.25) is 9.36 Å². The fourth-order valence-electron chi connectivity index (χ4n) is 1.98. The number of ether oxygens (including phenoxy) is 2. The molecule has 0 amide bonds. The number of rotatable bonds is 5. The Morgan fingerprint density at radius 2 is 1.68 bits per heavy atom. The quantitative estimate of drug-likeness (QED) is 0.599. The van der Waals surface area contributed by atoms with Crippen LogP contribution in [0.2, 0.25) is 0 Å². The molecular formula is C14H17NO6S. The molecule has 8 heteroatoms. The van der Waals surface area contributed by atoms with E-state index in [0.29, 0.717) is 10.2 Å². The molecule has 0 aliphatic rings. The zero-order valence-corrected chi connectivity index (χ0v) is 13.0. The van der Waals surface area contributed by atoms with Gasteiger partial charge in [0.2, 0.25) is 6.04 Å². The van der Waals surface area contributed by atoms with Gasteiger partial charge in [0.25, 0.3) is 0 Å². The molecule has 120 valence electrons. The average molecular weight is 327 g/mol. The smallest absolute Gasteiger partial charge is 0.341 e. The number of aromatic nitrogens is 1. The van der Waals surface area contributed by atoms with Crippen LogP contribution in [0.1, 0.15) is 19.9 Å². The van der Waals surface area contributed by atoms with Crippen molar-refractivity contribution in [3.8, 4) is 0 Å². The van der Waals surface area contributed by atoms with Gasteiger partial charge in [-0.15, -0.1) is 0 Å². The van der Waals surface area contributed by atoms with Gasteiger partial charge >= 0.3 is 16.8 Å². The van der Waals surface area contributed by atoms with E-state index in [1.807, 2.05) is 0 Å². The number of carbonyl (C=O) groups is 2. The minimum Gasteiger partial charge on any atom is -0.464 e. The van der Waals surface area contributed by atoms with Crippen molar-refractivity contribution in [2.45, 2.75) is 19.9 Å². The summed E-state index contributed by atoms with van der Waals surface area (Å²) in [5.41, 5.74) is 0.513. The van der Waals surface area contributed by atoms with Gasteiger partial charge in [-0.25, -0.2) is 9.59 Å². The molecular weight excluding hydrogens is 310 g/mol. The highest BCUT2D eigenvalue weighted by molar-refractivity contribution is 7.16. The summed E-state index contributed by atoms with van der Waals surface area (Å²) in [6.07, 6.45) is 0. The first-order chi connectivity index (χ1) is 10.1. The predicted octanol–water partition coefficient (Wildman–Crippen LogP) is 0.906. The van der Waals surface area contributed by atoms with Gasteiger partial charge in [0.1, 0.15) is 0 Å². The highest BCUT2D eigenvalue weighted by Crippen LogP contribution is 2.22. The first kappa shape index (κ1) is 17.9. The SMILES string of the molecule is CCOC(=O)C(C(=O)OCC)n1c(=O)sc2ccccc21.O. The van der Waals surface area contributed by atoms with Crippen LogP contribution in [0.15, 0.2) is 29.1 Å². The molecule has 2 aromatic rings. The van der Waals surface area contributed by atoms with Gasteiger partial charge in [0.05, 0.1) is 23.4 Å². The number of nitrogens with zero attached hydrogens (tertiary/aromatic N) is 1. The molecule has 7 nitrogen and oxygen atoms in total. The van der Waals surface area contributed by atoms with Crippen LogP contribution in [0, 0.1) is 0 Å². The number of thiazole rings is 1. The summed E-state index contributed by atoms with van der Waals surface area (Å²) in [6, 6.07) is 5.54. The Morgan fingerprint density at radius 1 is 1.14 bits per heavy atom. The van der Waals surface area contributed by atoms with E-state index >= 15 is 0 Å². The van der Waals surface area contributed by atoms with Crippen molar-refractivity contribution in [1.29, 1.82) is 0 Å². The molecule has 1 aromatic heterocycles. The Balaban J connectivity index is 0.00000242. The van der Waals surface area contributed by atoms with E-state index < -0.39 is 22.9 Å². The van der Waals surface area contributed by atoms with Crippen molar-refractivity contribution in [2.24, 2.45) is 0 Å². The summed E-state index contributed by atoms with van der Waals surface area (Å²) in [6.45, 7) is 3.50. The number of fused-ring (bicyclic) bond motifs is 1. The second kappa shape index (κ2) is 7.71. The Hall–Kier alpha value is -2.19. The average Bonchev–Trinajstić information content (AvgIpc) is 2.77. The third-order valence-electron chi connectivity index (χ3n) is 2.80. The summed E-state index contributed by atoms with van der Waals surface area (Å²) in [5, 5.41) is 0. The van der Waals surface area contributed by atoms with Gasteiger partial charge in [-0.2, -0.15) is 0 Å². The maximum absolute atomic E-state index is 12.2. The number of esters is 2. The predicted molar refractivity (Wildman–Crippen MR) is 82.0 cm³/mol. The second-order valence-corrected chi connectivity index (χ2v) is 5.11. The maximum Gasteiger partial charge on any atom is 0.341 e. The summed E-state index contributed by atoms with van der Waals surface area (Å²) in [7, 11) is 0. The summed E-state index contributed by atoms with van der Waals surface area (Å²) in [4.78, 5) is 35.9. The lowest BCUT2D eigenvalue weighted by molar-refractivity contribution is -0.160. The molecule has 0 saturated heterocycles. The van der Waals surface area contributed by atoms with E-state index in [-0.39, 0.29) is 18.7 Å². The van der Waals surface area contributed by atoms with Crippen molar-refractivity contribution in [3.63, 3.8) is 0 Å². The highest BCUT2D eigenvalue weighted by atomic mass is 32.1. The van der Waals surface area contributed by atoms with E-state index in [1.54, 1.807) is 38.1 Å². The molecule has 0 saturated carbocycles. The Labute approximate surface area is 130 Å². The van der Waals surface area contributed by atoms with Crippen LogP contribution in [0.25, 0.3) is 10.2 Å². The lowest BCUT2D eigenvalue weighted by Gasteiger charge is -2.15. The number of para-hydroxylation sites is 1.